The Morgan fingerprint density at radius 1 is 1.56 bits per heavy atom. The number of anilines is 2. The fraction of sp³-hybridized carbons (Fsp3) is 0.556. The maximum atomic E-state index is 11.6. The lowest BCUT2D eigenvalue weighted by Crippen LogP contribution is -2.23. The summed E-state index contributed by atoms with van der Waals surface area (Å²) in [5, 5.41) is 5.54. The van der Waals surface area contributed by atoms with Crippen molar-refractivity contribution >= 4 is 17.5 Å². The van der Waals surface area contributed by atoms with Crippen LogP contribution in [-0.4, -0.2) is 16.1 Å². The van der Waals surface area contributed by atoms with Crippen molar-refractivity contribution in [3.8, 4) is 0 Å². The molecule has 0 radical (unpaired) electrons. The summed E-state index contributed by atoms with van der Waals surface area (Å²) in [6, 6.07) is 0. The number of rotatable bonds is 5. The van der Waals surface area contributed by atoms with Crippen molar-refractivity contribution in [1.82, 2.24) is 9.55 Å². The fourth-order valence-electron chi connectivity index (χ4n) is 1.23. The van der Waals surface area contributed by atoms with Crippen LogP contribution in [0.1, 0.15) is 19.8 Å². The van der Waals surface area contributed by atoms with Crippen LogP contribution >= 0.6 is 0 Å². The molecule has 0 atom stereocenters. The highest BCUT2D eigenvalue weighted by Crippen LogP contribution is 2.15. The van der Waals surface area contributed by atoms with Crippen molar-refractivity contribution in [1.29, 1.82) is 0 Å². The topological polar surface area (TPSA) is 102 Å². The minimum Gasteiger partial charge on any atom is -0.382 e. The van der Waals surface area contributed by atoms with Gasteiger partial charge in [0.1, 0.15) is 0 Å². The average molecular weight is 225 g/mol. The zero-order valence-corrected chi connectivity index (χ0v) is 9.36. The van der Waals surface area contributed by atoms with Gasteiger partial charge >= 0.3 is 0 Å². The summed E-state index contributed by atoms with van der Waals surface area (Å²) in [4.78, 5) is 25.9. The molecule has 0 aliphatic rings. The summed E-state index contributed by atoms with van der Waals surface area (Å²) < 4.78 is 1.22. The minimum absolute atomic E-state index is 0.142. The molecule has 88 valence electrons. The molecule has 0 aliphatic heterocycles. The summed E-state index contributed by atoms with van der Waals surface area (Å²) in [7, 11) is 1.51. The van der Waals surface area contributed by atoms with Crippen LogP contribution in [-0.2, 0) is 7.05 Å². The highest BCUT2D eigenvalue weighted by molar-refractivity contribution is 5.58. The van der Waals surface area contributed by atoms with Gasteiger partial charge in [0.2, 0.25) is 11.6 Å². The van der Waals surface area contributed by atoms with E-state index in [1.165, 1.54) is 11.6 Å². The number of nitrogens with one attached hydrogen (secondary N) is 1. The Morgan fingerprint density at radius 3 is 2.81 bits per heavy atom. The molecule has 1 aromatic rings. The van der Waals surface area contributed by atoms with Gasteiger partial charge in [0.15, 0.2) is 5.82 Å². The summed E-state index contributed by atoms with van der Waals surface area (Å²) in [5.41, 5.74) is 4.56. The van der Waals surface area contributed by atoms with Crippen LogP contribution in [0.5, 0.6) is 0 Å². The van der Waals surface area contributed by atoms with E-state index in [0.717, 1.165) is 12.8 Å². The Hall–Kier alpha value is -1.92. The Balaban J connectivity index is 3.04. The van der Waals surface area contributed by atoms with E-state index in [1.807, 2.05) is 0 Å². The van der Waals surface area contributed by atoms with E-state index in [4.69, 9.17) is 5.73 Å². The van der Waals surface area contributed by atoms with Gasteiger partial charge in [-0.2, -0.15) is 4.98 Å². The molecule has 1 rings (SSSR count). The van der Waals surface area contributed by atoms with E-state index in [2.05, 4.69) is 22.4 Å². The van der Waals surface area contributed by atoms with Crippen LogP contribution in [0, 0.1) is 4.91 Å². The highest BCUT2D eigenvalue weighted by Gasteiger charge is 2.12. The third-order valence-corrected chi connectivity index (χ3v) is 2.20. The van der Waals surface area contributed by atoms with E-state index in [9.17, 15) is 9.70 Å². The molecule has 0 aliphatic carbocycles. The Bertz CT molecular complexity index is 440. The molecule has 16 heavy (non-hydrogen) atoms. The zero-order chi connectivity index (χ0) is 12.1. The van der Waals surface area contributed by atoms with Crippen molar-refractivity contribution in [2.24, 2.45) is 12.2 Å². The van der Waals surface area contributed by atoms with Gasteiger partial charge in [-0.1, -0.05) is 13.3 Å². The molecule has 0 amide bonds. The first-order chi connectivity index (χ1) is 7.61. The fourth-order valence-corrected chi connectivity index (χ4v) is 1.23. The standard InChI is InChI=1S/C9H15N5O2/c1-3-4-5-11-9-12-7(10)6(13-16)8(15)14(9)2/h3-5,10H2,1-2H3,(H,11,12). The van der Waals surface area contributed by atoms with Crippen LogP contribution < -0.4 is 16.6 Å². The van der Waals surface area contributed by atoms with E-state index >= 15 is 0 Å². The molecule has 0 aromatic carbocycles. The largest absolute Gasteiger partial charge is 0.382 e. The van der Waals surface area contributed by atoms with E-state index in [0.29, 0.717) is 12.5 Å². The first-order valence-corrected chi connectivity index (χ1v) is 5.05. The molecule has 7 heteroatoms. The quantitative estimate of drug-likeness (QED) is 0.574. The number of nitrogen functional groups attached to an aromatic ring is 1. The van der Waals surface area contributed by atoms with Gasteiger partial charge in [-0.05, 0) is 11.6 Å². The Labute approximate surface area is 92.7 Å². The van der Waals surface area contributed by atoms with Gasteiger partial charge in [-0.25, -0.2) is 0 Å². The van der Waals surface area contributed by atoms with E-state index in [1.54, 1.807) is 0 Å². The second kappa shape index (κ2) is 5.24. The summed E-state index contributed by atoms with van der Waals surface area (Å²) >= 11 is 0. The third kappa shape index (κ3) is 2.36. The number of hydrogen-bond donors (Lipinski definition) is 2. The number of nitrogens with two attached hydrogens (primary N) is 1. The molecular formula is C9H15N5O2. The van der Waals surface area contributed by atoms with Crippen LogP contribution in [0.4, 0.5) is 17.5 Å². The molecule has 0 saturated carbocycles. The number of hydrogen-bond acceptors (Lipinski definition) is 6. The van der Waals surface area contributed by atoms with Crippen molar-refractivity contribution < 1.29 is 0 Å². The van der Waals surface area contributed by atoms with Gasteiger partial charge in [0, 0.05) is 13.6 Å². The highest BCUT2D eigenvalue weighted by atomic mass is 16.3. The van der Waals surface area contributed by atoms with Gasteiger partial charge < -0.3 is 11.1 Å². The molecule has 0 fully saturated rings. The summed E-state index contributed by atoms with van der Waals surface area (Å²) in [5.74, 6) is 0.209. The molecule has 0 bridgehead atoms. The first-order valence-electron chi connectivity index (χ1n) is 5.05. The Morgan fingerprint density at radius 2 is 2.25 bits per heavy atom. The first kappa shape index (κ1) is 12.2. The second-order valence-electron chi connectivity index (χ2n) is 3.41. The number of nitroso groups, excluding NO2 is 1. The van der Waals surface area contributed by atoms with Crippen LogP contribution in [0.3, 0.4) is 0 Å². The van der Waals surface area contributed by atoms with Gasteiger partial charge in [0.05, 0.1) is 0 Å². The normalized spacial score (nSPS) is 10.1. The molecular weight excluding hydrogens is 210 g/mol. The molecule has 1 aromatic heterocycles. The van der Waals surface area contributed by atoms with Gasteiger partial charge in [-0.3, -0.25) is 9.36 Å². The molecule has 1 heterocycles. The van der Waals surface area contributed by atoms with Crippen molar-refractivity contribution in [3.63, 3.8) is 0 Å². The third-order valence-electron chi connectivity index (χ3n) is 2.20. The SMILES string of the molecule is CCCCNc1nc(N)c(N=O)c(=O)n1C. The summed E-state index contributed by atoms with van der Waals surface area (Å²) in [6.07, 6.45) is 1.99. The van der Waals surface area contributed by atoms with Crippen LogP contribution in [0.2, 0.25) is 0 Å². The number of nitrogens with zero attached hydrogens (tertiary/aromatic N) is 3. The minimum atomic E-state index is -0.540. The number of unbranched alkanes of at least 4 members (excludes halogenated alkanes) is 1. The maximum Gasteiger partial charge on any atom is 0.286 e. The predicted molar refractivity (Wildman–Crippen MR) is 62.7 cm³/mol. The van der Waals surface area contributed by atoms with Crippen LogP contribution in [0.15, 0.2) is 9.97 Å². The molecule has 0 spiro atoms. The average Bonchev–Trinajstić information content (AvgIpc) is 2.26. The van der Waals surface area contributed by atoms with Crippen molar-refractivity contribution in [2.45, 2.75) is 19.8 Å². The maximum absolute atomic E-state index is 11.6. The second-order valence-corrected chi connectivity index (χ2v) is 3.41. The van der Waals surface area contributed by atoms with Crippen molar-refractivity contribution in [3.05, 3.63) is 15.3 Å². The number of aromatic nitrogens is 2. The smallest absolute Gasteiger partial charge is 0.286 e. The molecule has 7 nitrogen and oxygen atoms in total. The van der Waals surface area contributed by atoms with E-state index in [-0.39, 0.29) is 11.5 Å². The lowest BCUT2D eigenvalue weighted by Gasteiger charge is -2.10. The van der Waals surface area contributed by atoms with Crippen molar-refractivity contribution in [2.75, 3.05) is 17.6 Å². The molecule has 3 N–H and O–H groups in total. The Kier molecular flexibility index (Phi) is 3.98. The molecule has 0 saturated heterocycles. The lowest BCUT2D eigenvalue weighted by atomic mass is 10.3. The zero-order valence-electron chi connectivity index (χ0n) is 9.36. The van der Waals surface area contributed by atoms with Gasteiger partial charge in [-0.15, -0.1) is 4.91 Å². The lowest BCUT2D eigenvalue weighted by molar-refractivity contribution is 0.787. The van der Waals surface area contributed by atoms with E-state index < -0.39 is 5.56 Å². The monoisotopic (exact) mass is 225 g/mol. The van der Waals surface area contributed by atoms with Crippen LogP contribution in [0.25, 0.3) is 0 Å². The molecule has 0 unspecified atom stereocenters. The van der Waals surface area contributed by atoms with Gasteiger partial charge in [0.25, 0.3) is 5.56 Å². The predicted octanol–water partition coefficient (Wildman–Crippen LogP) is 0.972. The summed E-state index contributed by atoms with van der Waals surface area (Å²) in [6.45, 7) is 2.76.